The molecule has 0 saturated carbocycles. The van der Waals surface area contributed by atoms with E-state index in [0.29, 0.717) is 12.1 Å². The molecule has 0 aliphatic carbocycles. The van der Waals surface area contributed by atoms with E-state index in [-0.39, 0.29) is 11.8 Å². The lowest BCUT2D eigenvalue weighted by atomic mass is 9.76. The molecule has 2 aromatic rings. The van der Waals surface area contributed by atoms with E-state index in [0.717, 1.165) is 24.9 Å². The zero-order valence-electron chi connectivity index (χ0n) is 18.4. The van der Waals surface area contributed by atoms with Crippen molar-refractivity contribution in [3.63, 3.8) is 0 Å². The smallest absolute Gasteiger partial charge is 0.266 e. The molecule has 0 unspecified atom stereocenters. The van der Waals surface area contributed by atoms with E-state index < -0.39 is 23.7 Å². The van der Waals surface area contributed by atoms with Gasteiger partial charge < -0.3 is 4.74 Å². The predicted molar refractivity (Wildman–Crippen MR) is 122 cm³/mol. The summed E-state index contributed by atoms with van der Waals surface area (Å²) in [5.41, 5.74) is 2.03. The van der Waals surface area contributed by atoms with Crippen LogP contribution in [-0.2, 0) is 19.2 Å². The normalized spacial score (nSPS) is 29.7. The fraction of sp³-hybridized carbons (Fsp3) is 0.385. The number of hydrogen-bond donors (Lipinski definition) is 0. The standard InChI is InChI=1S/C26H28N2O4/c1-3-18-15-16-26(4-2,31-17-18)23-21-22(32-28(23)20-13-9-6-10-14-20)25(30)27(24(21)29)19-11-7-5-8-12-19/h5-14,17,21-23H,3-4,15-16H2,1-2H3/t21-,22-,23-,26-/m0/s1. The van der Waals surface area contributed by atoms with Crippen molar-refractivity contribution in [2.24, 2.45) is 5.92 Å². The van der Waals surface area contributed by atoms with Crippen LogP contribution in [-0.4, -0.2) is 29.6 Å². The van der Waals surface area contributed by atoms with Gasteiger partial charge in [-0.25, -0.2) is 9.96 Å². The number of imide groups is 1. The van der Waals surface area contributed by atoms with Gasteiger partial charge in [0, 0.05) is 0 Å². The summed E-state index contributed by atoms with van der Waals surface area (Å²) in [4.78, 5) is 34.7. The van der Waals surface area contributed by atoms with Crippen molar-refractivity contribution >= 4 is 23.2 Å². The Morgan fingerprint density at radius 3 is 2.16 bits per heavy atom. The number of allylic oxidation sites excluding steroid dienone is 1. The topological polar surface area (TPSA) is 59.1 Å². The van der Waals surface area contributed by atoms with Crippen LogP contribution in [0.5, 0.6) is 0 Å². The first kappa shape index (κ1) is 20.8. The predicted octanol–water partition coefficient (Wildman–Crippen LogP) is 4.62. The van der Waals surface area contributed by atoms with Gasteiger partial charge in [-0.05, 0) is 55.5 Å². The Hall–Kier alpha value is -3.12. The minimum Gasteiger partial charge on any atom is -0.493 e. The molecule has 0 bridgehead atoms. The molecule has 2 aromatic carbocycles. The van der Waals surface area contributed by atoms with Crippen LogP contribution in [0.4, 0.5) is 11.4 Å². The highest BCUT2D eigenvalue weighted by Crippen LogP contribution is 2.48. The number of carbonyl (C=O) groups excluding carboxylic acids is 2. The third-order valence-electron chi connectivity index (χ3n) is 7.06. The van der Waals surface area contributed by atoms with Crippen molar-refractivity contribution in [2.45, 2.75) is 57.3 Å². The minimum absolute atomic E-state index is 0.226. The maximum atomic E-state index is 13.7. The van der Waals surface area contributed by atoms with Gasteiger partial charge in [-0.3, -0.25) is 14.4 Å². The SMILES string of the molecule is CCC1=CO[C@](CC)([C@@H]2[C@H]3C(=O)N(c4ccccc4)C(=O)[C@H]3ON2c2ccccc2)CC1. The van der Waals surface area contributed by atoms with Crippen LogP contribution >= 0.6 is 0 Å². The summed E-state index contributed by atoms with van der Waals surface area (Å²) in [5.74, 6) is -1.18. The Kier molecular flexibility index (Phi) is 5.25. The van der Waals surface area contributed by atoms with Crippen LogP contribution in [0.1, 0.15) is 39.5 Å². The maximum Gasteiger partial charge on any atom is 0.266 e. The van der Waals surface area contributed by atoms with E-state index in [1.165, 1.54) is 10.5 Å². The van der Waals surface area contributed by atoms with Crippen LogP contribution in [0.15, 0.2) is 72.5 Å². The molecule has 3 aliphatic rings. The van der Waals surface area contributed by atoms with E-state index in [1.807, 2.05) is 54.8 Å². The summed E-state index contributed by atoms with van der Waals surface area (Å²) in [7, 11) is 0. The Bertz CT molecular complexity index is 1040. The lowest BCUT2D eigenvalue weighted by molar-refractivity contribution is -0.127. The zero-order valence-corrected chi connectivity index (χ0v) is 18.4. The van der Waals surface area contributed by atoms with Gasteiger partial charge in [0.05, 0.1) is 17.6 Å². The molecule has 0 radical (unpaired) electrons. The number of anilines is 2. The highest BCUT2D eigenvalue weighted by molar-refractivity contribution is 6.24. The third kappa shape index (κ3) is 3.13. The molecule has 6 heteroatoms. The Balaban J connectivity index is 1.58. The second kappa shape index (κ2) is 8.10. The largest absolute Gasteiger partial charge is 0.493 e. The number of ether oxygens (including phenoxy) is 1. The second-order valence-corrected chi connectivity index (χ2v) is 8.67. The maximum absolute atomic E-state index is 13.7. The molecule has 0 N–H and O–H groups in total. The van der Waals surface area contributed by atoms with Crippen molar-refractivity contribution in [3.8, 4) is 0 Å². The summed E-state index contributed by atoms with van der Waals surface area (Å²) in [5, 5.41) is 1.77. The van der Waals surface area contributed by atoms with Crippen LogP contribution in [0, 0.1) is 5.92 Å². The average Bonchev–Trinajstić information content (AvgIpc) is 3.36. The van der Waals surface area contributed by atoms with Crippen molar-refractivity contribution in [1.29, 1.82) is 0 Å². The third-order valence-corrected chi connectivity index (χ3v) is 7.06. The van der Waals surface area contributed by atoms with Crippen LogP contribution in [0.3, 0.4) is 0 Å². The molecule has 0 spiro atoms. The lowest BCUT2D eigenvalue weighted by Gasteiger charge is -2.45. The first-order valence-corrected chi connectivity index (χ1v) is 11.4. The lowest BCUT2D eigenvalue weighted by Crippen LogP contribution is -2.56. The summed E-state index contributed by atoms with van der Waals surface area (Å²) in [6, 6.07) is 18.3. The number of hydrogen-bond acceptors (Lipinski definition) is 5. The molecule has 2 fully saturated rings. The van der Waals surface area contributed by atoms with Crippen molar-refractivity contribution in [1.82, 2.24) is 0 Å². The summed E-state index contributed by atoms with van der Waals surface area (Å²) in [6.07, 6.45) is 4.32. The molecule has 32 heavy (non-hydrogen) atoms. The molecule has 5 rings (SSSR count). The summed E-state index contributed by atoms with van der Waals surface area (Å²) >= 11 is 0. The number of benzene rings is 2. The number of carbonyl (C=O) groups is 2. The van der Waals surface area contributed by atoms with Gasteiger partial charge in [0.15, 0.2) is 6.10 Å². The Morgan fingerprint density at radius 1 is 0.938 bits per heavy atom. The molecule has 3 aliphatic heterocycles. The van der Waals surface area contributed by atoms with Crippen molar-refractivity contribution in [3.05, 3.63) is 72.5 Å². The Morgan fingerprint density at radius 2 is 1.59 bits per heavy atom. The number of fused-ring (bicyclic) bond motifs is 1. The monoisotopic (exact) mass is 432 g/mol. The van der Waals surface area contributed by atoms with Crippen molar-refractivity contribution in [2.75, 3.05) is 9.96 Å². The molecule has 166 valence electrons. The van der Waals surface area contributed by atoms with E-state index in [1.54, 1.807) is 17.2 Å². The molecule has 6 nitrogen and oxygen atoms in total. The molecule has 4 atom stereocenters. The van der Waals surface area contributed by atoms with E-state index in [2.05, 4.69) is 13.8 Å². The highest BCUT2D eigenvalue weighted by atomic mass is 16.7. The first-order valence-electron chi connectivity index (χ1n) is 11.4. The van der Waals surface area contributed by atoms with E-state index in [9.17, 15) is 9.59 Å². The first-order chi connectivity index (χ1) is 15.6. The van der Waals surface area contributed by atoms with Gasteiger partial charge >= 0.3 is 0 Å². The summed E-state index contributed by atoms with van der Waals surface area (Å²) < 4.78 is 6.42. The number of amides is 2. The van der Waals surface area contributed by atoms with Gasteiger partial charge in [0.1, 0.15) is 17.6 Å². The minimum atomic E-state index is -0.864. The number of para-hydroxylation sites is 2. The average molecular weight is 433 g/mol. The molecule has 0 aromatic heterocycles. The van der Waals surface area contributed by atoms with Gasteiger partial charge in [-0.15, -0.1) is 0 Å². The van der Waals surface area contributed by atoms with Gasteiger partial charge in [-0.1, -0.05) is 50.2 Å². The molecular formula is C26H28N2O4. The number of hydroxylamine groups is 1. The second-order valence-electron chi connectivity index (χ2n) is 8.67. The van der Waals surface area contributed by atoms with Crippen LogP contribution in [0.2, 0.25) is 0 Å². The van der Waals surface area contributed by atoms with Gasteiger partial charge in [0.2, 0.25) is 5.91 Å². The van der Waals surface area contributed by atoms with Gasteiger partial charge in [-0.2, -0.15) is 0 Å². The fourth-order valence-corrected chi connectivity index (χ4v) is 5.22. The molecular weight excluding hydrogens is 404 g/mol. The zero-order chi connectivity index (χ0) is 22.3. The molecule has 2 saturated heterocycles. The van der Waals surface area contributed by atoms with Crippen molar-refractivity contribution < 1.29 is 19.2 Å². The number of nitrogens with zero attached hydrogens (tertiary/aromatic N) is 2. The van der Waals surface area contributed by atoms with Crippen LogP contribution < -0.4 is 9.96 Å². The highest BCUT2D eigenvalue weighted by Gasteiger charge is 2.65. The van der Waals surface area contributed by atoms with E-state index >= 15 is 0 Å². The van der Waals surface area contributed by atoms with Crippen LogP contribution in [0.25, 0.3) is 0 Å². The Labute approximate surface area is 188 Å². The van der Waals surface area contributed by atoms with Gasteiger partial charge in [0.25, 0.3) is 5.91 Å². The van der Waals surface area contributed by atoms with E-state index in [4.69, 9.17) is 9.57 Å². The summed E-state index contributed by atoms with van der Waals surface area (Å²) in [6.45, 7) is 4.20. The quantitative estimate of drug-likeness (QED) is 0.646. The molecule has 3 heterocycles. The fourth-order valence-electron chi connectivity index (χ4n) is 5.22. The number of rotatable bonds is 5. The molecule has 2 amide bonds.